The summed E-state index contributed by atoms with van der Waals surface area (Å²) in [5, 5.41) is 13.6. The molecule has 0 aliphatic rings. The molecule has 2 aromatic heterocycles. The Hall–Kier alpha value is -3.36. The van der Waals surface area contributed by atoms with Crippen LogP contribution in [0.3, 0.4) is 0 Å². The van der Waals surface area contributed by atoms with Crippen molar-refractivity contribution in [3.05, 3.63) is 101 Å². The normalized spacial score (nSPS) is 11.8. The van der Waals surface area contributed by atoms with E-state index in [-0.39, 0.29) is 0 Å². The minimum Gasteiger partial charge on any atom is -0.480 e. The number of hydrogen-bond acceptors (Lipinski definition) is 7. The molecule has 0 radical (unpaired) electrons. The van der Waals surface area contributed by atoms with Gasteiger partial charge in [0, 0.05) is 17.9 Å². The third-order valence-corrected chi connectivity index (χ3v) is 6.85. The van der Waals surface area contributed by atoms with Crippen molar-refractivity contribution in [3.63, 3.8) is 0 Å². The van der Waals surface area contributed by atoms with Gasteiger partial charge >= 0.3 is 5.97 Å². The van der Waals surface area contributed by atoms with E-state index in [1.807, 2.05) is 48.5 Å². The maximum atomic E-state index is 11.4. The predicted molar refractivity (Wildman–Crippen MR) is 134 cm³/mol. The largest absolute Gasteiger partial charge is 0.480 e. The van der Waals surface area contributed by atoms with Gasteiger partial charge in [0.2, 0.25) is 5.89 Å². The fourth-order valence-electron chi connectivity index (χ4n) is 3.65. The Morgan fingerprint density at radius 3 is 2.49 bits per heavy atom. The molecule has 35 heavy (non-hydrogen) atoms. The van der Waals surface area contributed by atoms with Crippen LogP contribution in [0.25, 0.3) is 0 Å². The van der Waals surface area contributed by atoms with E-state index in [4.69, 9.17) is 8.94 Å². The Kier molecular flexibility index (Phi) is 7.73. The predicted octanol–water partition coefficient (Wildman–Crippen LogP) is 5.72. The summed E-state index contributed by atoms with van der Waals surface area (Å²) in [7, 11) is 0. The molecule has 1 N–H and O–H groups in total. The van der Waals surface area contributed by atoms with Gasteiger partial charge in [-0.15, -0.1) is 11.8 Å². The van der Waals surface area contributed by atoms with Crippen molar-refractivity contribution in [3.8, 4) is 0 Å². The molecule has 2 heterocycles. The standard InChI is InChI=1S/C27H29N3O4S/c1-19-7-4-5-8-21(19)15-24-28-25(34-29-24)18-30(17-22-9-6-14-33-22)16-20-10-12-23(13-11-20)35-27(2,3)26(31)32/h4-14H,15-18H2,1-3H3,(H,31,32). The molecule has 0 bridgehead atoms. The highest BCUT2D eigenvalue weighted by Gasteiger charge is 2.28. The second-order valence-corrected chi connectivity index (χ2v) is 10.7. The third kappa shape index (κ3) is 6.83. The average molecular weight is 492 g/mol. The molecule has 0 atom stereocenters. The van der Waals surface area contributed by atoms with Gasteiger partial charge in [0.25, 0.3) is 0 Å². The number of rotatable bonds is 11. The number of aliphatic carboxylic acids is 1. The van der Waals surface area contributed by atoms with Crippen LogP contribution in [-0.2, 0) is 30.8 Å². The van der Waals surface area contributed by atoms with Crippen molar-refractivity contribution in [1.29, 1.82) is 0 Å². The Morgan fingerprint density at radius 1 is 1.03 bits per heavy atom. The van der Waals surface area contributed by atoms with Crippen LogP contribution in [0.2, 0.25) is 0 Å². The number of thioether (sulfide) groups is 1. The molecule has 8 heteroatoms. The first-order chi connectivity index (χ1) is 16.8. The second-order valence-electron chi connectivity index (χ2n) is 8.99. The van der Waals surface area contributed by atoms with Crippen LogP contribution in [0.4, 0.5) is 0 Å². The van der Waals surface area contributed by atoms with Crippen LogP contribution >= 0.6 is 11.8 Å². The first-order valence-electron chi connectivity index (χ1n) is 11.4. The molecule has 0 fully saturated rings. The molecule has 182 valence electrons. The SMILES string of the molecule is Cc1ccccc1Cc1noc(CN(Cc2ccc(SC(C)(C)C(=O)O)cc2)Cc2ccco2)n1. The van der Waals surface area contributed by atoms with Crippen LogP contribution in [-0.4, -0.2) is 30.9 Å². The van der Waals surface area contributed by atoms with E-state index in [0.717, 1.165) is 16.2 Å². The van der Waals surface area contributed by atoms with Crippen LogP contribution in [0, 0.1) is 6.92 Å². The quantitative estimate of drug-likeness (QED) is 0.266. The number of aryl methyl sites for hydroxylation is 1. The fraction of sp³-hybridized carbons (Fsp3) is 0.296. The molecule has 7 nitrogen and oxygen atoms in total. The minimum atomic E-state index is -0.888. The highest BCUT2D eigenvalue weighted by molar-refractivity contribution is 8.01. The summed E-state index contributed by atoms with van der Waals surface area (Å²) >= 11 is 1.33. The number of furan rings is 1. The van der Waals surface area contributed by atoms with Crippen LogP contribution in [0.5, 0.6) is 0 Å². The summed E-state index contributed by atoms with van der Waals surface area (Å²) in [5.41, 5.74) is 3.47. The number of nitrogens with zero attached hydrogens (tertiary/aromatic N) is 3. The number of carboxylic acids is 1. The van der Waals surface area contributed by atoms with Crippen molar-refractivity contribution in [2.45, 2.75) is 56.5 Å². The molecule has 0 unspecified atom stereocenters. The van der Waals surface area contributed by atoms with E-state index in [1.54, 1.807) is 20.1 Å². The molecular formula is C27H29N3O4S. The van der Waals surface area contributed by atoms with Crippen LogP contribution < -0.4 is 0 Å². The number of hydrogen-bond donors (Lipinski definition) is 1. The van der Waals surface area contributed by atoms with Crippen molar-refractivity contribution in [2.24, 2.45) is 0 Å². The highest BCUT2D eigenvalue weighted by atomic mass is 32.2. The Labute approximate surface area is 209 Å². The average Bonchev–Trinajstić information content (AvgIpc) is 3.48. The number of carboxylic acid groups (broad SMARTS) is 1. The lowest BCUT2D eigenvalue weighted by atomic mass is 10.1. The maximum absolute atomic E-state index is 11.4. The van der Waals surface area contributed by atoms with Gasteiger partial charge in [-0.05, 0) is 61.7 Å². The van der Waals surface area contributed by atoms with Gasteiger partial charge in [-0.25, -0.2) is 0 Å². The summed E-state index contributed by atoms with van der Waals surface area (Å²) in [5.74, 6) is 1.22. The summed E-state index contributed by atoms with van der Waals surface area (Å²) in [6, 6.07) is 20.0. The summed E-state index contributed by atoms with van der Waals surface area (Å²) in [4.78, 5) is 19.1. The molecule has 0 aliphatic heterocycles. The summed E-state index contributed by atoms with van der Waals surface area (Å²) < 4.78 is 10.2. The molecule has 4 rings (SSSR count). The van der Waals surface area contributed by atoms with Gasteiger partial charge < -0.3 is 14.0 Å². The van der Waals surface area contributed by atoms with Crippen molar-refractivity contribution in [1.82, 2.24) is 15.0 Å². The molecule has 0 saturated carbocycles. The van der Waals surface area contributed by atoms with Gasteiger partial charge in [0.05, 0.1) is 19.4 Å². The lowest BCUT2D eigenvalue weighted by Crippen LogP contribution is -2.26. The lowest BCUT2D eigenvalue weighted by Gasteiger charge is -2.20. The van der Waals surface area contributed by atoms with E-state index in [0.29, 0.717) is 37.8 Å². The molecule has 0 amide bonds. The smallest absolute Gasteiger partial charge is 0.319 e. The zero-order valence-corrected chi connectivity index (χ0v) is 20.9. The van der Waals surface area contributed by atoms with Crippen LogP contribution in [0.15, 0.2) is 80.8 Å². The first kappa shape index (κ1) is 24.8. The van der Waals surface area contributed by atoms with E-state index < -0.39 is 10.7 Å². The molecule has 0 aliphatic carbocycles. The van der Waals surface area contributed by atoms with Crippen molar-refractivity contribution < 1.29 is 18.8 Å². The van der Waals surface area contributed by atoms with Gasteiger partial charge in [-0.1, -0.05) is 41.6 Å². The minimum absolute atomic E-state index is 0.476. The zero-order chi connectivity index (χ0) is 24.8. The Balaban J connectivity index is 1.45. The molecule has 2 aromatic carbocycles. The highest BCUT2D eigenvalue weighted by Crippen LogP contribution is 2.32. The maximum Gasteiger partial charge on any atom is 0.319 e. The van der Waals surface area contributed by atoms with E-state index in [1.165, 1.54) is 22.9 Å². The second kappa shape index (κ2) is 10.9. The van der Waals surface area contributed by atoms with Gasteiger partial charge in [0.15, 0.2) is 5.82 Å². The summed E-state index contributed by atoms with van der Waals surface area (Å²) in [6.45, 7) is 7.19. The molecule has 0 saturated heterocycles. The fourth-order valence-corrected chi connectivity index (χ4v) is 4.59. The van der Waals surface area contributed by atoms with Crippen molar-refractivity contribution >= 4 is 17.7 Å². The van der Waals surface area contributed by atoms with Gasteiger partial charge in [0.1, 0.15) is 10.5 Å². The van der Waals surface area contributed by atoms with Crippen molar-refractivity contribution in [2.75, 3.05) is 0 Å². The summed E-state index contributed by atoms with van der Waals surface area (Å²) in [6.07, 6.45) is 2.29. The van der Waals surface area contributed by atoms with E-state index in [9.17, 15) is 9.90 Å². The Bertz CT molecular complexity index is 1250. The number of aromatic nitrogens is 2. The topological polar surface area (TPSA) is 92.6 Å². The lowest BCUT2D eigenvalue weighted by molar-refractivity contribution is -0.138. The number of benzene rings is 2. The molecular weight excluding hydrogens is 462 g/mol. The molecule has 0 spiro atoms. The van der Waals surface area contributed by atoms with Gasteiger partial charge in [-0.2, -0.15) is 4.98 Å². The molecule has 4 aromatic rings. The van der Waals surface area contributed by atoms with Crippen LogP contribution in [0.1, 0.15) is 48.0 Å². The van der Waals surface area contributed by atoms with E-state index in [2.05, 4.69) is 34.1 Å². The zero-order valence-electron chi connectivity index (χ0n) is 20.1. The number of carbonyl (C=O) groups is 1. The van der Waals surface area contributed by atoms with Gasteiger partial charge in [-0.3, -0.25) is 9.69 Å². The van der Waals surface area contributed by atoms with E-state index >= 15 is 0 Å². The first-order valence-corrected chi connectivity index (χ1v) is 12.2. The third-order valence-electron chi connectivity index (χ3n) is 5.66. The monoisotopic (exact) mass is 491 g/mol. The Morgan fingerprint density at radius 2 is 1.80 bits per heavy atom.